The van der Waals surface area contributed by atoms with Crippen LogP contribution in [0.3, 0.4) is 0 Å². The summed E-state index contributed by atoms with van der Waals surface area (Å²) in [5.41, 5.74) is 7.35. The van der Waals surface area contributed by atoms with Gasteiger partial charge in [-0.25, -0.2) is 0 Å². The van der Waals surface area contributed by atoms with E-state index in [2.05, 4.69) is 36.5 Å². The molecule has 1 saturated carbocycles. The minimum absolute atomic E-state index is 0. The van der Waals surface area contributed by atoms with Crippen LogP contribution in [-0.4, -0.2) is 18.0 Å². The molecule has 1 amide bonds. The van der Waals surface area contributed by atoms with Gasteiger partial charge in [-0.05, 0) is 24.3 Å². The first-order valence-electron chi connectivity index (χ1n) is 7.74. The molecule has 0 bridgehead atoms. The molecule has 21 heavy (non-hydrogen) atoms. The van der Waals surface area contributed by atoms with Gasteiger partial charge in [0.05, 0.1) is 6.04 Å². The molecule has 1 aliphatic rings. The molecule has 0 heterocycles. The third-order valence-electron chi connectivity index (χ3n) is 4.63. The van der Waals surface area contributed by atoms with Crippen LogP contribution in [-0.2, 0) is 4.79 Å². The first-order valence-corrected chi connectivity index (χ1v) is 7.74. The van der Waals surface area contributed by atoms with E-state index in [-0.39, 0.29) is 30.3 Å². The van der Waals surface area contributed by atoms with Crippen molar-refractivity contribution in [3.63, 3.8) is 0 Å². The zero-order valence-electron chi connectivity index (χ0n) is 12.9. The summed E-state index contributed by atoms with van der Waals surface area (Å²) in [7, 11) is 0. The summed E-state index contributed by atoms with van der Waals surface area (Å²) in [6.07, 6.45) is 4.30. The number of rotatable bonds is 5. The van der Waals surface area contributed by atoms with Crippen molar-refractivity contribution in [2.75, 3.05) is 0 Å². The average Bonchev–Trinajstić information content (AvgIpc) is 2.94. The largest absolute Gasteiger partial charge is 0.351 e. The molecule has 1 aromatic rings. The molecule has 3 nitrogen and oxygen atoms in total. The summed E-state index contributed by atoms with van der Waals surface area (Å²) >= 11 is 0. The summed E-state index contributed by atoms with van der Waals surface area (Å²) in [5, 5.41) is 3.18. The number of carbonyl (C=O) groups is 1. The van der Waals surface area contributed by atoms with Crippen LogP contribution in [0.2, 0.25) is 0 Å². The molecule has 0 aromatic heterocycles. The highest BCUT2D eigenvalue weighted by molar-refractivity contribution is 5.85. The van der Waals surface area contributed by atoms with Gasteiger partial charge in [0.1, 0.15) is 0 Å². The SMILES string of the molecule is CCC(C)C(N)C(=O)NC1CCCC1c1ccccc1.Cl. The number of nitrogens with two attached hydrogens (primary N) is 1. The van der Waals surface area contributed by atoms with E-state index < -0.39 is 6.04 Å². The summed E-state index contributed by atoms with van der Waals surface area (Å²) in [6, 6.07) is 10.3. The van der Waals surface area contributed by atoms with Gasteiger partial charge in [0.15, 0.2) is 0 Å². The maximum absolute atomic E-state index is 12.2. The number of hydrogen-bond acceptors (Lipinski definition) is 2. The zero-order valence-corrected chi connectivity index (χ0v) is 13.7. The Bertz CT molecular complexity index is 438. The topological polar surface area (TPSA) is 55.1 Å². The lowest BCUT2D eigenvalue weighted by atomic mass is 9.93. The van der Waals surface area contributed by atoms with Gasteiger partial charge in [0.25, 0.3) is 0 Å². The molecule has 4 heteroatoms. The van der Waals surface area contributed by atoms with E-state index in [1.807, 2.05) is 13.0 Å². The van der Waals surface area contributed by atoms with Crippen molar-refractivity contribution >= 4 is 18.3 Å². The molecular formula is C17H27ClN2O. The van der Waals surface area contributed by atoms with Crippen LogP contribution < -0.4 is 11.1 Å². The fraction of sp³-hybridized carbons (Fsp3) is 0.588. The summed E-state index contributed by atoms with van der Waals surface area (Å²) < 4.78 is 0. The number of halogens is 1. The molecule has 0 radical (unpaired) electrons. The van der Waals surface area contributed by atoms with Crippen molar-refractivity contribution in [1.29, 1.82) is 0 Å². The number of amides is 1. The van der Waals surface area contributed by atoms with Crippen molar-refractivity contribution in [1.82, 2.24) is 5.32 Å². The summed E-state index contributed by atoms with van der Waals surface area (Å²) in [6.45, 7) is 4.10. The summed E-state index contributed by atoms with van der Waals surface area (Å²) in [4.78, 5) is 12.2. The van der Waals surface area contributed by atoms with Crippen LogP contribution in [0.25, 0.3) is 0 Å². The minimum Gasteiger partial charge on any atom is -0.351 e. The van der Waals surface area contributed by atoms with Crippen molar-refractivity contribution in [2.45, 2.75) is 57.5 Å². The number of benzene rings is 1. The Morgan fingerprint density at radius 2 is 2.00 bits per heavy atom. The van der Waals surface area contributed by atoms with E-state index in [1.165, 1.54) is 12.0 Å². The third kappa shape index (κ3) is 4.45. The zero-order chi connectivity index (χ0) is 14.5. The van der Waals surface area contributed by atoms with Gasteiger partial charge in [0, 0.05) is 12.0 Å². The van der Waals surface area contributed by atoms with Crippen molar-refractivity contribution in [3.05, 3.63) is 35.9 Å². The minimum atomic E-state index is -0.392. The Hall–Kier alpha value is -1.06. The Morgan fingerprint density at radius 3 is 2.62 bits per heavy atom. The maximum Gasteiger partial charge on any atom is 0.237 e. The molecule has 1 aliphatic carbocycles. The summed E-state index contributed by atoms with van der Waals surface area (Å²) in [5.74, 6) is 0.669. The van der Waals surface area contributed by atoms with E-state index in [0.717, 1.165) is 19.3 Å². The fourth-order valence-corrected chi connectivity index (χ4v) is 3.02. The van der Waals surface area contributed by atoms with Crippen LogP contribution in [0.5, 0.6) is 0 Å². The van der Waals surface area contributed by atoms with Gasteiger partial charge in [0.2, 0.25) is 5.91 Å². The predicted molar refractivity (Wildman–Crippen MR) is 89.6 cm³/mol. The quantitative estimate of drug-likeness (QED) is 0.877. The van der Waals surface area contributed by atoms with Gasteiger partial charge in [-0.3, -0.25) is 4.79 Å². The molecule has 4 atom stereocenters. The number of nitrogens with one attached hydrogen (secondary N) is 1. The average molecular weight is 311 g/mol. The first-order chi connectivity index (χ1) is 9.63. The Morgan fingerprint density at radius 1 is 1.33 bits per heavy atom. The lowest BCUT2D eigenvalue weighted by molar-refractivity contribution is -0.124. The maximum atomic E-state index is 12.2. The van der Waals surface area contributed by atoms with Gasteiger partial charge in [-0.1, -0.05) is 57.0 Å². The van der Waals surface area contributed by atoms with Crippen LogP contribution in [0.15, 0.2) is 30.3 Å². The van der Waals surface area contributed by atoms with Crippen LogP contribution in [0.1, 0.15) is 51.0 Å². The number of hydrogen-bond donors (Lipinski definition) is 2. The monoisotopic (exact) mass is 310 g/mol. The lowest BCUT2D eigenvalue weighted by Gasteiger charge is -2.25. The third-order valence-corrected chi connectivity index (χ3v) is 4.63. The van der Waals surface area contributed by atoms with Gasteiger partial charge < -0.3 is 11.1 Å². The molecule has 0 aliphatic heterocycles. The molecule has 118 valence electrons. The van der Waals surface area contributed by atoms with Gasteiger partial charge in [-0.2, -0.15) is 0 Å². The Balaban J connectivity index is 0.00000220. The first kappa shape index (κ1) is 18.0. The second kappa shape index (κ2) is 8.40. The smallest absolute Gasteiger partial charge is 0.237 e. The molecule has 2 rings (SSSR count). The van der Waals surface area contributed by atoms with E-state index in [9.17, 15) is 4.79 Å². The second-order valence-electron chi connectivity index (χ2n) is 5.97. The molecule has 3 N–H and O–H groups in total. The van der Waals surface area contributed by atoms with Crippen molar-refractivity contribution in [2.24, 2.45) is 11.7 Å². The van der Waals surface area contributed by atoms with E-state index in [1.54, 1.807) is 0 Å². The van der Waals surface area contributed by atoms with Crippen LogP contribution in [0.4, 0.5) is 0 Å². The van der Waals surface area contributed by atoms with Crippen molar-refractivity contribution in [3.8, 4) is 0 Å². The van der Waals surface area contributed by atoms with E-state index >= 15 is 0 Å². The molecule has 1 aromatic carbocycles. The van der Waals surface area contributed by atoms with Crippen molar-refractivity contribution < 1.29 is 4.79 Å². The normalized spacial score (nSPS) is 24.0. The highest BCUT2D eigenvalue weighted by atomic mass is 35.5. The highest BCUT2D eigenvalue weighted by Crippen LogP contribution is 2.34. The Kier molecular flexibility index (Phi) is 7.20. The lowest BCUT2D eigenvalue weighted by Crippen LogP contribution is -2.48. The molecule has 4 unspecified atom stereocenters. The number of carbonyl (C=O) groups excluding carboxylic acids is 1. The molecule has 1 fully saturated rings. The van der Waals surface area contributed by atoms with Crippen LogP contribution >= 0.6 is 12.4 Å². The predicted octanol–water partition coefficient (Wildman–Crippen LogP) is 3.23. The standard InChI is InChI=1S/C17H26N2O.ClH/c1-3-12(2)16(18)17(20)19-15-11-7-10-14(15)13-8-5-4-6-9-13;/h4-6,8-9,12,14-16H,3,7,10-11,18H2,1-2H3,(H,19,20);1H. The molecular weight excluding hydrogens is 284 g/mol. The van der Waals surface area contributed by atoms with Gasteiger partial charge >= 0.3 is 0 Å². The fourth-order valence-electron chi connectivity index (χ4n) is 3.02. The highest BCUT2D eigenvalue weighted by Gasteiger charge is 2.31. The van der Waals surface area contributed by atoms with Crippen LogP contribution in [0, 0.1) is 5.92 Å². The van der Waals surface area contributed by atoms with E-state index in [0.29, 0.717) is 5.92 Å². The van der Waals surface area contributed by atoms with E-state index in [4.69, 9.17) is 5.73 Å². The molecule has 0 spiro atoms. The molecule has 0 saturated heterocycles. The Labute approximate surface area is 134 Å². The second-order valence-corrected chi connectivity index (χ2v) is 5.97. The van der Waals surface area contributed by atoms with Gasteiger partial charge in [-0.15, -0.1) is 12.4 Å².